The van der Waals surface area contributed by atoms with E-state index in [9.17, 15) is 9.59 Å². The largest absolute Gasteiger partial charge is 0.462 e. The first-order valence-corrected chi connectivity index (χ1v) is 12.7. The number of hydrogen-bond acceptors (Lipinski definition) is 7. The van der Waals surface area contributed by atoms with Crippen LogP contribution in [0.15, 0.2) is 34.9 Å². The fourth-order valence-electron chi connectivity index (χ4n) is 3.05. The molecule has 0 saturated carbocycles. The smallest absolute Gasteiger partial charge is 0.348 e. The summed E-state index contributed by atoms with van der Waals surface area (Å²) in [6, 6.07) is 7.52. The third-order valence-corrected chi connectivity index (χ3v) is 6.89. The number of nitrogens with zero attached hydrogens (tertiary/aromatic N) is 2. The van der Waals surface area contributed by atoms with Gasteiger partial charge in [0.05, 0.1) is 29.8 Å². The van der Waals surface area contributed by atoms with Gasteiger partial charge in [-0.15, -0.1) is 11.3 Å². The summed E-state index contributed by atoms with van der Waals surface area (Å²) in [6.45, 7) is 5.98. The number of thiophene rings is 1. The van der Waals surface area contributed by atoms with E-state index in [-0.39, 0.29) is 23.9 Å². The van der Waals surface area contributed by atoms with Gasteiger partial charge in [0.25, 0.3) is 0 Å². The lowest BCUT2D eigenvalue weighted by Crippen LogP contribution is -2.21. The number of thiocarbonyl (C=S) groups is 1. The second kappa shape index (κ2) is 11.8. The van der Waals surface area contributed by atoms with Gasteiger partial charge in [-0.2, -0.15) is 5.10 Å². The Kier molecular flexibility index (Phi) is 9.06. The van der Waals surface area contributed by atoms with Gasteiger partial charge < -0.3 is 20.1 Å². The number of halogens is 2. The number of anilines is 2. The molecular formula is C22H22BrClN4O4S2. The number of esters is 2. The molecule has 3 aromatic rings. The van der Waals surface area contributed by atoms with E-state index in [1.807, 2.05) is 24.3 Å². The number of hydrogen-bond donors (Lipinski definition) is 2. The Bertz CT molecular complexity index is 1230. The molecule has 0 aliphatic rings. The van der Waals surface area contributed by atoms with Crippen molar-refractivity contribution in [2.75, 3.05) is 23.8 Å². The van der Waals surface area contributed by atoms with Gasteiger partial charge in [-0.1, -0.05) is 29.8 Å². The highest BCUT2D eigenvalue weighted by Crippen LogP contribution is 2.34. The minimum atomic E-state index is -0.553. The van der Waals surface area contributed by atoms with Crippen molar-refractivity contribution >= 4 is 79.0 Å². The molecule has 12 heteroatoms. The molecule has 0 aliphatic heterocycles. The van der Waals surface area contributed by atoms with Crippen LogP contribution in [0.1, 0.15) is 45.0 Å². The fourth-order valence-corrected chi connectivity index (χ4v) is 5.01. The molecule has 0 amide bonds. The van der Waals surface area contributed by atoms with Crippen molar-refractivity contribution in [2.45, 2.75) is 27.3 Å². The number of carbonyl (C=O) groups is 2. The zero-order chi connectivity index (χ0) is 24.8. The molecule has 180 valence electrons. The molecule has 8 nitrogen and oxygen atoms in total. The first-order valence-electron chi connectivity index (χ1n) is 10.3. The highest BCUT2D eigenvalue weighted by molar-refractivity contribution is 9.10. The lowest BCUT2D eigenvalue weighted by molar-refractivity contribution is 0.0527. The molecule has 0 atom stereocenters. The lowest BCUT2D eigenvalue weighted by Gasteiger charge is -2.10. The Hall–Kier alpha value is -2.47. The van der Waals surface area contributed by atoms with Crippen molar-refractivity contribution in [3.63, 3.8) is 0 Å². The number of nitrogens with one attached hydrogen (secondary N) is 2. The first kappa shape index (κ1) is 26.1. The van der Waals surface area contributed by atoms with Crippen LogP contribution in [0.25, 0.3) is 0 Å². The van der Waals surface area contributed by atoms with Crippen LogP contribution in [0, 0.1) is 6.92 Å². The molecule has 2 heterocycles. The monoisotopic (exact) mass is 584 g/mol. The van der Waals surface area contributed by atoms with E-state index in [4.69, 9.17) is 33.3 Å². The van der Waals surface area contributed by atoms with E-state index in [1.165, 1.54) is 0 Å². The standard InChI is InChI=1S/C22H22BrClN4O4S2/c1-4-31-20(29)16-12(3)17(21(30)32-5-2)34-19(16)26-22(33)25-18-14(23)11-28(27-18)10-13-8-6-7-9-15(13)24/h6-9,11H,4-5,10H2,1-3H3,(H2,25,26,27,33). The van der Waals surface area contributed by atoms with Crippen LogP contribution in [0.2, 0.25) is 5.02 Å². The predicted octanol–water partition coefficient (Wildman–Crippen LogP) is 5.88. The molecular weight excluding hydrogens is 564 g/mol. The summed E-state index contributed by atoms with van der Waals surface area (Å²) in [6.07, 6.45) is 1.80. The Balaban J connectivity index is 1.80. The summed E-state index contributed by atoms with van der Waals surface area (Å²) in [7, 11) is 0. The average molecular weight is 586 g/mol. The molecule has 2 N–H and O–H groups in total. The Morgan fingerprint density at radius 1 is 1.18 bits per heavy atom. The maximum absolute atomic E-state index is 12.6. The molecule has 0 aliphatic carbocycles. The normalized spacial score (nSPS) is 10.6. The molecule has 2 aromatic heterocycles. The predicted molar refractivity (Wildman–Crippen MR) is 141 cm³/mol. The summed E-state index contributed by atoms with van der Waals surface area (Å²) >= 11 is 16.2. The number of ether oxygens (including phenoxy) is 2. The van der Waals surface area contributed by atoms with E-state index in [0.29, 0.717) is 37.3 Å². The van der Waals surface area contributed by atoms with Gasteiger partial charge in [0.2, 0.25) is 0 Å². The van der Waals surface area contributed by atoms with Gasteiger partial charge >= 0.3 is 11.9 Å². The first-order chi connectivity index (χ1) is 16.2. The summed E-state index contributed by atoms with van der Waals surface area (Å²) in [5, 5.41) is 11.7. The van der Waals surface area contributed by atoms with Gasteiger partial charge in [0.15, 0.2) is 10.9 Å². The van der Waals surface area contributed by atoms with E-state index in [2.05, 4.69) is 31.7 Å². The maximum Gasteiger partial charge on any atom is 0.348 e. The highest BCUT2D eigenvalue weighted by atomic mass is 79.9. The van der Waals surface area contributed by atoms with Crippen LogP contribution >= 0.6 is 51.1 Å². The summed E-state index contributed by atoms with van der Waals surface area (Å²) < 4.78 is 12.7. The van der Waals surface area contributed by atoms with Gasteiger partial charge in [0, 0.05) is 11.2 Å². The van der Waals surface area contributed by atoms with E-state index in [1.54, 1.807) is 31.6 Å². The second-order valence-electron chi connectivity index (χ2n) is 6.90. The number of carbonyl (C=O) groups excluding carboxylic acids is 2. The van der Waals surface area contributed by atoms with Crippen LogP contribution in [0.4, 0.5) is 10.8 Å². The van der Waals surface area contributed by atoms with Crippen LogP contribution in [-0.4, -0.2) is 40.0 Å². The second-order valence-corrected chi connectivity index (χ2v) is 9.59. The van der Waals surface area contributed by atoms with Gasteiger partial charge in [-0.25, -0.2) is 9.59 Å². The molecule has 0 unspecified atom stereocenters. The molecule has 3 rings (SSSR count). The highest BCUT2D eigenvalue weighted by Gasteiger charge is 2.27. The zero-order valence-electron chi connectivity index (χ0n) is 18.6. The van der Waals surface area contributed by atoms with Crippen molar-refractivity contribution in [3.8, 4) is 0 Å². The van der Waals surface area contributed by atoms with Crippen molar-refractivity contribution < 1.29 is 19.1 Å². The molecule has 0 radical (unpaired) electrons. The van der Waals surface area contributed by atoms with Crippen molar-refractivity contribution in [2.24, 2.45) is 0 Å². The third-order valence-electron chi connectivity index (χ3n) is 4.55. The van der Waals surface area contributed by atoms with Crippen LogP contribution < -0.4 is 10.6 Å². The van der Waals surface area contributed by atoms with Crippen LogP contribution in [-0.2, 0) is 16.0 Å². The molecule has 0 fully saturated rings. The summed E-state index contributed by atoms with van der Waals surface area (Å²) in [5.74, 6) is -0.591. The minimum Gasteiger partial charge on any atom is -0.462 e. The number of aromatic nitrogens is 2. The maximum atomic E-state index is 12.6. The summed E-state index contributed by atoms with van der Waals surface area (Å²) in [4.78, 5) is 25.2. The zero-order valence-corrected chi connectivity index (χ0v) is 22.6. The Morgan fingerprint density at radius 2 is 1.85 bits per heavy atom. The average Bonchev–Trinajstić information content (AvgIpc) is 3.28. The van der Waals surface area contributed by atoms with Gasteiger partial charge in [0.1, 0.15) is 9.88 Å². The molecule has 0 bridgehead atoms. The molecule has 0 saturated heterocycles. The third kappa shape index (κ3) is 6.15. The Morgan fingerprint density at radius 3 is 2.53 bits per heavy atom. The number of rotatable bonds is 8. The van der Waals surface area contributed by atoms with E-state index in [0.717, 1.165) is 16.9 Å². The minimum absolute atomic E-state index is 0.186. The molecule has 1 aromatic carbocycles. The van der Waals surface area contributed by atoms with Crippen molar-refractivity contribution in [3.05, 3.63) is 61.5 Å². The summed E-state index contributed by atoms with van der Waals surface area (Å²) in [5.41, 5.74) is 1.63. The van der Waals surface area contributed by atoms with Crippen molar-refractivity contribution in [1.29, 1.82) is 0 Å². The van der Waals surface area contributed by atoms with E-state index >= 15 is 0 Å². The Labute approximate surface area is 219 Å². The van der Waals surface area contributed by atoms with Gasteiger partial charge in [-0.05, 0) is 66.1 Å². The molecule has 34 heavy (non-hydrogen) atoms. The van der Waals surface area contributed by atoms with Crippen LogP contribution in [0.5, 0.6) is 0 Å². The van der Waals surface area contributed by atoms with Gasteiger partial charge in [-0.3, -0.25) is 4.68 Å². The van der Waals surface area contributed by atoms with Crippen molar-refractivity contribution in [1.82, 2.24) is 9.78 Å². The fraction of sp³-hybridized carbons (Fsp3) is 0.273. The van der Waals surface area contributed by atoms with Crippen LogP contribution in [0.3, 0.4) is 0 Å². The molecule has 0 spiro atoms. The number of benzene rings is 1. The quantitative estimate of drug-likeness (QED) is 0.250. The topological polar surface area (TPSA) is 94.5 Å². The lowest BCUT2D eigenvalue weighted by atomic mass is 10.1. The SMILES string of the molecule is CCOC(=O)c1sc(NC(=S)Nc2nn(Cc3ccccc3Cl)cc2Br)c(C(=O)OCC)c1C. The van der Waals surface area contributed by atoms with E-state index < -0.39 is 11.9 Å².